The first kappa shape index (κ1) is 15.6. The fraction of sp³-hybridized carbons (Fsp3) is 0.562. The number of amides is 1. The van der Waals surface area contributed by atoms with E-state index in [1.165, 1.54) is 12.8 Å². The van der Waals surface area contributed by atoms with Crippen molar-refractivity contribution in [1.29, 1.82) is 0 Å². The fourth-order valence-corrected chi connectivity index (χ4v) is 2.37. The van der Waals surface area contributed by atoms with Crippen molar-refractivity contribution in [2.24, 2.45) is 0 Å². The molecule has 0 aromatic heterocycles. The summed E-state index contributed by atoms with van der Waals surface area (Å²) in [5.41, 5.74) is 8.13. The average molecular weight is 290 g/mol. The largest absolute Gasteiger partial charge is 0.397 e. The first-order valence-electron chi connectivity index (χ1n) is 7.66. The third-order valence-corrected chi connectivity index (χ3v) is 4.06. The van der Waals surface area contributed by atoms with Crippen molar-refractivity contribution in [3.8, 4) is 0 Å². The van der Waals surface area contributed by atoms with Crippen LogP contribution >= 0.6 is 0 Å². The van der Waals surface area contributed by atoms with Crippen LogP contribution in [0.2, 0.25) is 0 Å². The summed E-state index contributed by atoms with van der Waals surface area (Å²) >= 11 is 0. The highest BCUT2D eigenvalue weighted by atomic mass is 16.1. The van der Waals surface area contributed by atoms with E-state index >= 15 is 0 Å². The van der Waals surface area contributed by atoms with Crippen LogP contribution in [0.25, 0.3) is 0 Å². The standard InChI is InChI=1S/C16H26N4O/c1-4-18-16(21)12-5-8-15(14(17)9-12)19-10-11(2)20(3)13-6-7-13/h5,8-9,11,13,19H,4,6-7,10,17H2,1-3H3,(H,18,21). The van der Waals surface area contributed by atoms with Crippen molar-refractivity contribution in [1.82, 2.24) is 10.2 Å². The van der Waals surface area contributed by atoms with Gasteiger partial charge in [-0.15, -0.1) is 0 Å². The van der Waals surface area contributed by atoms with Gasteiger partial charge >= 0.3 is 0 Å². The number of anilines is 2. The maximum Gasteiger partial charge on any atom is 0.251 e. The van der Waals surface area contributed by atoms with Crippen molar-refractivity contribution in [2.75, 3.05) is 31.2 Å². The van der Waals surface area contributed by atoms with E-state index in [1.807, 2.05) is 13.0 Å². The Kier molecular flexibility index (Phi) is 5.07. The molecule has 5 heteroatoms. The molecule has 1 fully saturated rings. The Morgan fingerprint density at radius 2 is 2.19 bits per heavy atom. The molecule has 1 aromatic carbocycles. The predicted molar refractivity (Wildman–Crippen MR) is 87.6 cm³/mol. The SMILES string of the molecule is CCNC(=O)c1ccc(NCC(C)N(C)C2CC2)c(N)c1. The van der Waals surface area contributed by atoms with Crippen LogP contribution < -0.4 is 16.4 Å². The number of nitrogens with two attached hydrogens (primary N) is 1. The van der Waals surface area contributed by atoms with Crippen LogP contribution in [0, 0.1) is 0 Å². The molecule has 1 amide bonds. The van der Waals surface area contributed by atoms with Gasteiger partial charge in [-0.2, -0.15) is 0 Å². The van der Waals surface area contributed by atoms with Gasteiger partial charge in [0, 0.05) is 30.7 Å². The van der Waals surface area contributed by atoms with Crippen LogP contribution in [0.3, 0.4) is 0 Å². The van der Waals surface area contributed by atoms with E-state index < -0.39 is 0 Å². The highest BCUT2D eigenvalue weighted by molar-refractivity contribution is 5.96. The molecule has 1 unspecified atom stereocenters. The van der Waals surface area contributed by atoms with Crippen LogP contribution in [0.1, 0.15) is 37.0 Å². The molecular weight excluding hydrogens is 264 g/mol. The lowest BCUT2D eigenvalue weighted by atomic mass is 10.1. The molecule has 0 radical (unpaired) electrons. The molecule has 1 aromatic rings. The summed E-state index contributed by atoms with van der Waals surface area (Å²) in [5, 5.41) is 6.15. The minimum Gasteiger partial charge on any atom is -0.397 e. The molecule has 1 saturated carbocycles. The van der Waals surface area contributed by atoms with Crippen LogP contribution in [-0.4, -0.2) is 43.0 Å². The van der Waals surface area contributed by atoms with Gasteiger partial charge in [0.1, 0.15) is 0 Å². The number of benzene rings is 1. The summed E-state index contributed by atoms with van der Waals surface area (Å²) in [6.45, 7) is 5.57. The van der Waals surface area contributed by atoms with E-state index in [4.69, 9.17) is 5.73 Å². The van der Waals surface area contributed by atoms with Crippen molar-refractivity contribution in [2.45, 2.75) is 38.8 Å². The monoisotopic (exact) mass is 290 g/mol. The molecule has 2 rings (SSSR count). The predicted octanol–water partition coefficient (Wildman–Crippen LogP) is 1.91. The van der Waals surface area contributed by atoms with E-state index in [2.05, 4.69) is 29.5 Å². The Morgan fingerprint density at radius 1 is 1.48 bits per heavy atom. The van der Waals surface area contributed by atoms with Gasteiger partial charge in [-0.05, 0) is 51.9 Å². The Morgan fingerprint density at radius 3 is 2.76 bits per heavy atom. The number of carbonyl (C=O) groups excluding carboxylic acids is 1. The number of hydrogen-bond acceptors (Lipinski definition) is 4. The van der Waals surface area contributed by atoms with Gasteiger partial charge in [-0.1, -0.05) is 0 Å². The quantitative estimate of drug-likeness (QED) is 0.671. The zero-order chi connectivity index (χ0) is 15.4. The minimum absolute atomic E-state index is 0.0856. The van der Waals surface area contributed by atoms with E-state index in [0.717, 1.165) is 18.3 Å². The molecule has 1 aliphatic rings. The summed E-state index contributed by atoms with van der Waals surface area (Å²) in [7, 11) is 2.17. The van der Waals surface area contributed by atoms with Gasteiger partial charge in [0.05, 0.1) is 11.4 Å². The van der Waals surface area contributed by atoms with Gasteiger partial charge in [0.15, 0.2) is 0 Å². The number of nitrogen functional groups attached to an aromatic ring is 1. The molecule has 1 aliphatic carbocycles. The van der Waals surface area contributed by atoms with Gasteiger partial charge in [-0.25, -0.2) is 0 Å². The van der Waals surface area contributed by atoms with E-state index in [9.17, 15) is 4.79 Å². The first-order chi connectivity index (χ1) is 10.0. The number of nitrogens with zero attached hydrogens (tertiary/aromatic N) is 1. The first-order valence-corrected chi connectivity index (χ1v) is 7.66. The van der Waals surface area contributed by atoms with E-state index in [0.29, 0.717) is 23.8 Å². The lowest BCUT2D eigenvalue weighted by Gasteiger charge is -2.25. The van der Waals surface area contributed by atoms with Crippen LogP contribution in [-0.2, 0) is 0 Å². The second-order valence-electron chi connectivity index (χ2n) is 5.79. The molecule has 0 saturated heterocycles. The molecular formula is C16H26N4O. The Hall–Kier alpha value is -1.75. The van der Waals surface area contributed by atoms with Crippen LogP contribution in [0.4, 0.5) is 11.4 Å². The molecule has 4 N–H and O–H groups in total. The van der Waals surface area contributed by atoms with Crippen molar-refractivity contribution in [3.63, 3.8) is 0 Å². The van der Waals surface area contributed by atoms with E-state index in [-0.39, 0.29) is 5.91 Å². The smallest absolute Gasteiger partial charge is 0.251 e. The van der Waals surface area contributed by atoms with Crippen LogP contribution in [0.15, 0.2) is 18.2 Å². The second-order valence-corrected chi connectivity index (χ2v) is 5.79. The average Bonchev–Trinajstić information content (AvgIpc) is 3.29. The minimum atomic E-state index is -0.0856. The molecule has 0 spiro atoms. The third-order valence-electron chi connectivity index (χ3n) is 4.06. The van der Waals surface area contributed by atoms with E-state index in [1.54, 1.807) is 12.1 Å². The van der Waals surface area contributed by atoms with Gasteiger partial charge in [0.2, 0.25) is 0 Å². The summed E-state index contributed by atoms with van der Waals surface area (Å²) in [6.07, 6.45) is 2.62. The molecule has 116 valence electrons. The molecule has 0 heterocycles. The highest BCUT2D eigenvalue weighted by Gasteiger charge is 2.28. The highest BCUT2D eigenvalue weighted by Crippen LogP contribution is 2.27. The van der Waals surface area contributed by atoms with Gasteiger partial charge in [0.25, 0.3) is 5.91 Å². The zero-order valence-electron chi connectivity index (χ0n) is 13.1. The number of carbonyl (C=O) groups is 1. The maximum atomic E-state index is 11.8. The Balaban J connectivity index is 1.92. The normalized spacial score (nSPS) is 15.8. The summed E-state index contributed by atoms with van der Waals surface area (Å²) in [5.74, 6) is -0.0856. The fourth-order valence-electron chi connectivity index (χ4n) is 2.37. The molecule has 21 heavy (non-hydrogen) atoms. The lowest BCUT2D eigenvalue weighted by molar-refractivity contribution is 0.0956. The summed E-state index contributed by atoms with van der Waals surface area (Å²) in [4.78, 5) is 14.2. The molecule has 1 atom stereocenters. The maximum absolute atomic E-state index is 11.8. The topological polar surface area (TPSA) is 70.4 Å². The summed E-state index contributed by atoms with van der Waals surface area (Å²) in [6, 6.07) is 6.62. The Bertz CT molecular complexity index is 499. The number of hydrogen-bond donors (Lipinski definition) is 3. The molecule has 5 nitrogen and oxygen atoms in total. The number of nitrogens with one attached hydrogen (secondary N) is 2. The third kappa shape index (κ3) is 4.11. The lowest BCUT2D eigenvalue weighted by Crippen LogP contribution is -2.36. The second kappa shape index (κ2) is 6.80. The molecule has 0 bridgehead atoms. The van der Waals surface area contributed by atoms with Crippen molar-refractivity contribution >= 4 is 17.3 Å². The zero-order valence-corrected chi connectivity index (χ0v) is 13.1. The number of rotatable bonds is 7. The van der Waals surface area contributed by atoms with Gasteiger partial charge in [-0.3, -0.25) is 9.69 Å². The number of likely N-dealkylation sites (N-methyl/N-ethyl adjacent to an activating group) is 1. The van der Waals surface area contributed by atoms with Gasteiger partial charge < -0.3 is 16.4 Å². The van der Waals surface area contributed by atoms with Crippen LogP contribution in [0.5, 0.6) is 0 Å². The van der Waals surface area contributed by atoms with Crippen molar-refractivity contribution < 1.29 is 4.79 Å². The molecule has 0 aliphatic heterocycles. The van der Waals surface area contributed by atoms with Crippen molar-refractivity contribution in [3.05, 3.63) is 23.8 Å². The Labute approximate surface area is 126 Å². The summed E-state index contributed by atoms with van der Waals surface area (Å²) < 4.78 is 0.